The van der Waals surface area contributed by atoms with Crippen molar-refractivity contribution in [1.29, 1.82) is 0 Å². The first-order valence-electron chi connectivity index (χ1n) is 11.4. The molecule has 2 aliphatic heterocycles. The van der Waals surface area contributed by atoms with E-state index in [0.29, 0.717) is 22.3 Å². The molecule has 0 fully saturated rings. The summed E-state index contributed by atoms with van der Waals surface area (Å²) < 4.78 is 13.5. The van der Waals surface area contributed by atoms with Crippen LogP contribution >= 0.6 is 23.4 Å². The number of nitrogens with one attached hydrogen (secondary N) is 1. The second-order valence-corrected chi connectivity index (χ2v) is 10.2. The van der Waals surface area contributed by atoms with Gasteiger partial charge in [-0.15, -0.1) is 0 Å². The number of benzene rings is 3. The molecular formula is C27H22ClFN4O2S. The van der Waals surface area contributed by atoms with Gasteiger partial charge in [-0.2, -0.15) is 10.1 Å². The molecule has 182 valence electrons. The van der Waals surface area contributed by atoms with Gasteiger partial charge in [-0.3, -0.25) is 9.59 Å². The summed E-state index contributed by atoms with van der Waals surface area (Å²) in [5.74, 6) is -0.944. The third-order valence-corrected chi connectivity index (χ3v) is 7.33. The average Bonchev–Trinajstić information content (AvgIpc) is 3.44. The number of halogens is 2. The van der Waals surface area contributed by atoms with Crippen LogP contribution in [0.15, 0.2) is 82.9 Å². The fraction of sp³-hybridized carbons (Fsp3) is 0.185. The van der Waals surface area contributed by atoms with Gasteiger partial charge in [-0.05, 0) is 60.0 Å². The monoisotopic (exact) mass is 520 g/mol. The van der Waals surface area contributed by atoms with Crippen LogP contribution in [0.2, 0.25) is 5.02 Å². The van der Waals surface area contributed by atoms with Crippen LogP contribution in [0.5, 0.6) is 0 Å². The van der Waals surface area contributed by atoms with Crippen molar-refractivity contribution in [3.63, 3.8) is 0 Å². The maximum absolute atomic E-state index is 13.5. The van der Waals surface area contributed by atoms with E-state index in [-0.39, 0.29) is 30.1 Å². The van der Waals surface area contributed by atoms with Crippen LogP contribution in [0.4, 0.5) is 10.1 Å². The first kappa shape index (κ1) is 24.2. The summed E-state index contributed by atoms with van der Waals surface area (Å²) >= 11 is 7.32. The minimum atomic E-state index is -0.638. The van der Waals surface area contributed by atoms with E-state index >= 15 is 0 Å². The van der Waals surface area contributed by atoms with Crippen molar-refractivity contribution in [3.8, 4) is 0 Å². The first-order valence-corrected chi connectivity index (χ1v) is 12.7. The number of carbonyl (C=O) groups excluding carboxylic acids is 2. The molecule has 2 heterocycles. The molecular weight excluding hydrogens is 499 g/mol. The maximum atomic E-state index is 13.5. The predicted octanol–water partition coefficient (Wildman–Crippen LogP) is 5.97. The van der Waals surface area contributed by atoms with E-state index in [0.717, 1.165) is 22.4 Å². The van der Waals surface area contributed by atoms with E-state index in [1.165, 1.54) is 23.9 Å². The summed E-state index contributed by atoms with van der Waals surface area (Å²) in [5.41, 5.74) is 4.22. The van der Waals surface area contributed by atoms with E-state index in [2.05, 4.69) is 10.3 Å². The van der Waals surface area contributed by atoms with Gasteiger partial charge in [0.15, 0.2) is 5.17 Å². The van der Waals surface area contributed by atoms with Crippen LogP contribution in [0.25, 0.3) is 0 Å². The van der Waals surface area contributed by atoms with Crippen LogP contribution in [0, 0.1) is 12.7 Å². The van der Waals surface area contributed by atoms with Crippen molar-refractivity contribution in [1.82, 2.24) is 5.01 Å². The number of carbonyl (C=O) groups is 2. The number of hydrazone groups is 1. The van der Waals surface area contributed by atoms with Crippen molar-refractivity contribution in [3.05, 3.63) is 100 Å². The zero-order valence-corrected chi connectivity index (χ0v) is 20.9. The topological polar surface area (TPSA) is 74.1 Å². The molecule has 2 aliphatic rings. The fourth-order valence-electron chi connectivity index (χ4n) is 4.16. The number of amides is 2. The number of rotatable bonds is 5. The third kappa shape index (κ3) is 5.34. The number of nitrogens with zero attached hydrogens (tertiary/aromatic N) is 3. The molecule has 6 nitrogen and oxygen atoms in total. The third-order valence-electron chi connectivity index (χ3n) is 5.94. The Kier molecular flexibility index (Phi) is 6.89. The summed E-state index contributed by atoms with van der Waals surface area (Å²) in [6.07, 6.45) is 0.540. The van der Waals surface area contributed by atoms with Gasteiger partial charge in [0.1, 0.15) is 11.1 Å². The highest BCUT2D eigenvalue weighted by molar-refractivity contribution is 8.15. The Morgan fingerprint density at radius 3 is 2.61 bits per heavy atom. The molecule has 0 spiro atoms. The van der Waals surface area contributed by atoms with Crippen molar-refractivity contribution in [2.24, 2.45) is 10.1 Å². The molecule has 0 saturated heterocycles. The van der Waals surface area contributed by atoms with Crippen LogP contribution in [-0.4, -0.2) is 33.0 Å². The molecule has 2 amide bonds. The molecule has 3 aromatic rings. The number of aliphatic imine (C=N–C) groups is 1. The number of hydrogen-bond acceptors (Lipinski definition) is 5. The highest BCUT2D eigenvalue weighted by Gasteiger charge is 2.39. The van der Waals surface area contributed by atoms with Crippen molar-refractivity contribution >= 4 is 51.7 Å². The van der Waals surface area contributed by atoms with E-state index in [9.17, 15) is 14.0 Å². The number of anilines is 1. The Bertz CT molecular complexity index is 1380. The van der Waals surface area contributed by atoms with E-state index < -0.39 is 5.25 Å². The van der Waals surface area contributed by atoms with Gasteiger partial charge in [-0.25, -0.2) is 9.40 Å². The lowest BCUT2D eigenvalue weighted by Crippen LogP contribution is -2.25. The second-order valence-electron chi connectivity index (χ2n) is 8.63. The largest absolute Gasteiger partial charge is 0.326 e. The Balaban J connectivity index is 1.35. The summed E-state index contributed by atoms with van der Waals surface area (Å²) in [4.78, 5) is 29.6. The number of aryl methyl sites for hydroxylation is 1. The van der Waals surface area contributed by atoms with E-state index in [1.54, 1.807) is 29.3 Å². The molecule has 0 bridgehead atoms. The summed E-state index contributed by atoms with van der Waals surface area (Å²) in [7, 11) is 0. The molecule has 36 heavy (non-hydrogen) atoms. The minimum absolute atomic E-state index is 0.00156. The van der Waals surface area contributed by atoms with Gasteiger partial charge in [0.25, 0.3) is 5.91 Å². The van der Waals surface area contributed by atoms with Crippen LogP contribution in [-0.2, 0) is 9.59 Å². The predicted molar refractivity (Wildman–Crippen MR) is 142 cm³/mol. The zero-order valence-electron chi connectivity index (χ0n) is 19.3. The highest BCUT2D eigenvalue weighted by Crippen LogP contribution is 2.39. The molecule has 0 unspecified atom stereocenters. The molecule has 3 aromatic carbocycles. The lowest BCUT2D eigenvalue weighted by molar-refractivity contribution is -0.121. The number of amidine groups is 1. The van der Waals surface area contributed by atoms with Gasteiger partial charge in [-0.1, -0.05) is 59.8 Å². The molecule has 2 atom stereocenters. The van der Waals surface area contributed by atoms with Crippen LogP contribution in [0.1, 0.15) is 35.6 Å². The second kappa shape index (κ2) is 10.2. The molecule has 1 N–H and O–H groups in total. The zero-order chi connectivity index (χ0) is 25.2. The summed E-state index contributed by atoms with van der Waals surface area (Å²) in [5, 5.41) is 9.75. The number of thioether (sulfide) groups is 1. The quantitative estimate of drug-likeness (QED) is 0.450. The Morgan fingerprint density at radius 2 is 1.89 bits per heavy atom. The fourth-order valence-corrected chi connectivity index (χ4v) is 5.34. The van der Waals surface area contributed by atoms with Crippen LogP contribution in [0.3, 0.4) is 0 Å². The van der Waals surface area contributed by atoms with Gasteiger partial charge >= 0.3 is 0 Å². The lowest BCUT2D eigenvalue weighted by Gasteiger charge is -2.23. The Labute approximate surface area is 217 Å². The van der Waals surface area contributed by atoms with E-state index in [1.807, 2.05) is 43.3 Å². The Morgan fingerprint density at radius 1 is 1.14 bits per heavy atom. The Hall–Kier alpha value is -3.49. The van der Waals surface area contributed by atoms with Crippen molar-refractivity contribution in [2.45, 2.75) is 31.1 Å². The van der Waals surface area contributed by atoms with Gasteiger partial charge in [0.05, 0.1) is 11.8 Å². The SMILES string of the molecule is Cc1cccc(NC(=O)C[C@@H]2SC(N3N=C(c4ccc(F)cc4)C[C@H]3c3ccc(Cl)cc3)=NC2=O)c1. The van der Waals surface area contributed by atoms with Crippen LogP contribution < -0.4 is 5.32 Å². The van der Waals surface area contributed by atoms with Crippen molar-refractivity contribution in [2.75, 3.05) is 5.32 Å². The van der Waals surface area contributed by atoms with Gasteiger partial charge in [0, 0.05) is 23.6 Å². The average molecular weight is 521 g/mol. The van der Waals surface area contributed by atoms with Gasteiger partial charge in [0.2, 0.25) is 5.91 Å². The summed E-state index contributed by atoms with van der Waals surface area (Å²) in [6, 6.07) is 20.9. The molecule has 0 radical (unpaired) electrons. The highest BCUT2D eigenvalue weighted by atomic mass is 35.5. The number of hydrogen-bond donors (Lipinski definition) is 1. The molecule has 9 heteroatoms. The normalized spacial score (nSPS) is 19.3. The smallest absolute Gasteiger partial charge is 0.262 e. The maximum Gasteiger partial charge on any atom is 0.262 e. The lowest BCUT2D eigenvalue weighted by atomic mass is 9.99. The molecule has 5 rings (SSSR count). The molecule has 0 aromatic heterocycles. The van der Waals surface area contributed by atoms with Gasteiger partial charge < -0.3 is 5.32 Å². The van der Waals surface area contributed by atoms with Crippen molar-refractivity contribution < 1.29 is 14.0 Å². The summed E-state index contributed by atoms with van der Waals surface area (Å²) in [6.45, 7) is 1.94. The standard InChI is InChI=1S/C27H22ClFN4O2S/c1-16-3-2-4-21(13-16)30-25(34)15-24-26(35)31-27(36-24)33-23(18-5-9-19(28)10-6-18)14-22(32-33)17-7-11-20(29)12-8-17/h2-13,23-24H,14-15H2,1H3,(H,30,34)/t23-,24-/m0/s1. The minimum Gasteiger partial charge on any atom is -0.326 e. The molecule has 0 aliphatic carbocycles. The van der Waals surface area contributed by atoms with E-state index in [4.69, 9.17) is 16.7 Å². The molecule has 0 saturated carbocycles. The first-order chi connectivity index (χ1) is 17.4.